The summed E-state index contributed by atoms with van der Waals surface area (Å²) in [5.41, 5.74) is 6.20. The maximum absolute atomic E-state index is 8.03. The van der Waals surface area contributed by atoms with E-state index in [-0.39, 0.29) is 0 Å². The summed E-state index contributed by atoms with van der Waals surface area (Å²) in [5, 5.41) is 23.9. The van der Waals surface area contributed by atoms with E-state index in [9.17, 15) is 0 Å². The van der Waals surface area contributed by atoms with Gasteiger partial charge in [0.05, 0.1) is 0 Å². The van der Waals surface area contributed by atoms with Gasteiger partial charge in [-0.1, -0.05) is 0 Å². The average Bonchev–Trinajstić information content (AvgIpc) is 1.65. The summed E-state index contributed by atoms with van der Waals surface area (Å²) in [7, 11) is 0. The second kappa shape index (κ2) is 2.89. The summed E-state index contributed by atoms with van der Waals surface area (Å²) >= 11 is 0. The Balaban J connectivity index is 3.14. The third kappa shape index (κ3) is 2.49. The first-order chi connectivity index (χ1) is 3.18. The fourth-order valence-corrected chi connectivity index (χ4v) is 0.0667. The summed E-state index contributed by atoms with van der Waals surface area (Å²) in [6.07, 6.45) is -2.90. The summed E-state index contributed by atoms with van der Waals surface area (Å²) in [6, 6.07) is 0. The van der Waals surface area contributed by atoms with Gasteiger partial charge in [0.1, 0.15) is 6.17 Å². The van der Waals surface area contributed by atoms with Crippen molar-refractivity contribution in [1.82, 2.24) is 5.48 Å². The molecule has 0 aliphatic carbocycles. The van der Waals surface area contributed by atoms with Crippen molar-refractivity contribution < 1.29 is 15.4 Å². The van der Waals surface area contributed by atoms with Crippen molar-refractivity contribution in [3.63, 3.8) is 0 Å². The first kappa shape index (κ1) is 6.80. The molecule has 0 aromatic carbocycles. The van der Waals surface area contributed by atoms with Gasteiger partial charge in [-0.3, -0.25) is 0 Å². The maximum atomic E-state index is 8.03. The van der Waals surface area contributed by atoms with Crippen LogP contribution in [0.1, 0.15) is 0 Å². The van der Waals surface area contributed by atoms with Gasteiger partial charge in [-0.2, -0.15) is 5.48 Å². The van der Waals surface area contributed by atoms with Crippen LogP contribution in [0.2, 0.25) is 0 Å². The molecular weight excluding hydrogens is 100 g/mol. The number of hydroxylamine groups is 1. The van der Waals surface area contributed by atoms with Crippen LogP contribution in [0.15, 0.2) is 0 Å². The molecule has 5 heteroatoms. The molecule has 0 spiro atoms. The normalized spacial score (nSPS) is 15.0. The first-order valence-corrected chi connectivity index (χ1v) is 1.70. The highest BCUT2D eigenvalue weighted by Crippen LogP contribution is 1.73. The maximum Gasteiger partial charge on any atom is 0.182 e. The van der Waals surface area contributed by atoms with E-state index in [2.05, 4.69) is 0 Å². The molecule has 0 radical (unpaired) electrons. The average molecular weight is 108 g/mol. The summed E-state index contributed by atoms with van der Waals surface area (Å²) < 4.78 is 0. The van der Waals surface area contributed by atoms with Crippen molar-refractivity contribution in [3.8, 4) is 0 Å². The number of aliphatic hydroxyl groups is 2. The van der Waals surface area contributed by atoms with Crippen molar-refractivity contribution >= 4 is 0 Å². The van der Waals surface area contributed by atoms with Crippen molar-refractivity contribution in [3.05, 3.63) is 0 Å². The quantitative estimate of drug-likeness (QED) is 0.200. The van der Waals surface area contributed by atoms with Gasteiger partial charge in [0, 0.05) is 0 Å². The van der Waals surface area contributed by atoms with Gasteiger partial charge in [0.25, 0.3) is 0 Å². The molecule has 0 aromatic rings. The van der Waals surface area contributed by atoms with Crippen LogP contribution in [-0.4, -0.2) is 27.9 Å². The molecule has 0 fully saturated rings. The van der Waals surface area contributed by atoms with E-state index in [0.29, 0.717) is 0 Å². The van der Waals surface area contributed by atoms with Crippen molar-refractivity contribution in [2.75, 3.05) is 0 Å². The lowest BCUT2D eigenvalue weighted by Gasteiger charge is -2.08. The third-order valence-corrected chi connectivity index (χ3v) is 0.470. The fraction of sp³-hybridized carbons (Fsp3) is 1.00. The van der Waals surface area contributed by atoms with Crippen molar-refractivity contribution in [2.45, 2.75) is 12.5 Å². The monoisotopic (exact) mass is 108 g/mol. The van der Waals surface area contributed by atoms with E-state index in [0.717, 1.165) is 0 Å². The number of rotatable bonds is 2. The predicted molar refractivity (Wildman–Crippen MR) is 21.1 cm³/mol. The van der Waals surface area contributed by atoms with Crippen molar-refractivity contribution in [2.24, 2.45) is 5.73 Å². The number of hydrogen-bond acceptors (Lipinski definition) is 5. The Hall–Kier alpha value is -0.200. The molecule has 0 rings (SSSR count). The van der Waals surface area contributed by atoms with E-state index in [1.165, 1.54) is 5.48 Å². The molecule has 44 valence electrons. The van der Waals surface area contributed by atoms with E-state index in [1.54, 1.807) is 0 Å². The van der Waals surface area contributed by atoms with Crippen molar-refractivity contribution in [1.29, 1.82) is 0 Å². The molecule has 0 aliphatic rings. The number of hydrogen-bond donors (Lipinski definition) is 5. The van der Waals surface area contributed by atoms with Gasteiger partial charge >= 0.3 is 0 Å². The standard InChI is InChI=1S/C2H8N2O3/c3-1(4-7)2(5)6/h1-2,4-7H,3H2. The Kier molecular flexibility index (Phi) is 2.81. The molecule has 1 unspecified atom stereocenters. The second-order valence-corrected chi connectivity index (χ2v) is 1.07. The molecule has 0 heterocycles. The molecule has 0 aromatic heterocycles. The van der Waals surface area contributed by atoms with Crippen LogP contribution in [0, 0.1) is 0 Å². The van der Waals surface area contributed by atoms with Crippen LogP contribution in [0.3, 0.4) is 0 Å². The lowest BCUT2D eigenvalue weighted by atomic mass is 10.5. The van der Waals surface area contributed by atoms with Crippen LogP contribution < -0.4 is 11.2 Å². The molecule has 6 N–H and O–H groups in total. The van der Waals surface area contributed by atoms with E-state index < -0.39 is 12.5 Å². The topological polar surface area (TPSA) is 98.7 Å². The molecular formula is C2H8N2O3. The van der Waals surface area contributed by atoms with Gasteiger partial charge in [-0.15, -0.1) is 0 Å². The SMILES string of the molecule is NC(NO)C(O)O. The molecule has 0 bridgehead atoms. The van der Waals surface area contributed by atoms with Crippen LogP contribution in [0.25, 0.3) is 0 Å². The third-order valence-electron chi connectivity index (χ3n) is 0.470. The first-order valence-electron chi connectivity index (χ1n) is 1.70. The number of aliphatic hydroxyl groups excluding tert-OH is 1. The van der Waals surface area contributed by atoms with E-state index >= 15 is 0 Å². The van der Waals surface area contributed by atoms with E-state index in [1.807, 2.05) is 0 Å². The van der Waals surface area contributed by atoms with Crippen LogP contribution in [0.5, 0.6) is 0 Å². The van der Waals surface area contributed by atoms with Gasteiger partial charge in [-0.25, -0.2) is 0 Å². The Morgan fingerprint density at radius 3 is 1.86 bits per heavy atom. The number of nitrogens with one attached hydrogen (secondary N) is 1. The predicted octanol–water partition coefficient (Wildman–Crippen LogP) is -2.44. The Morgan fingerprint density at radius 2 is 1.86 bits per heavy atom. The lowest BCUT2D eigenvalue weighted by Crippen LogP contribution is -2.45. The van der Waals surface area contributed by atoms with Gasteiger partial charge in [-0.05, 0) is 0 Å². The number of nitrogens with two attached hydrogens (primary N) is 1. The van der Waals surface area contributed by atoms with Gasteiger partial charge in [0.15, 0.2) is 6.29 Å². The molecule has 1 atom stereocenters. The minimum Gasteiger partial charge on any atom is -0.366 e. The molecule has 0 saturated heterocycles. The van der Waals surface area contributed by atoms with E-state index in [4.69, 9.17) is 21.2 Å². The minimum atomic E-state index is -1.72. The largest absolute Gasteiger partial charge is 0.366 e. The van der Waals surface area contributed by atoms with Crippen LogP contribution >= 0.6 is 0 Å². The lowest BCUT2D eigenvalue weighted by molar-refractivity contribution is -0.0925. The van der Waals surface area contributed by atoms with Gasteiger partial charge < -0.3 is 21.2 Å². The molecule has 0 saturated carbocycles. The fourth-order valence-electron chi connectivity index (χ4n) is 0.0667. The highest BCUT2D eigenvalue weighted by atomic mass is 16.5. The smallest absolute Gasteiger partial charge is 0.182 e. The zero-order chi connectivity index (χ0) is 5.86. The molecule has 0 aliphatic heterocycles. The summed E-state index contributed by atoms with van der Waals surface area (Å²) in [6.45, 7) is 0. The highest BCUT2D eigenvalue weighted by Gasteiger charge is 2.06. The summed E-state index contributed by atoms with van der Waals surface area (Å²) in [5.74, 6) is 0. The highest BCUT2D eigenvalue weighted by molar-refractivity contribution is 4.49. The Labute approximate surface area is 40.3 Å². The molecule has 5 nitrogen and oxygen atoms in total. The Bertz CT molecular complexity index is 48.2. The molecule has 7 heavy (non-hydrogen) atoms. The Morgan fingerprint density at radius 1 is 1.43 bits per heavy atom. The minimum absolute atomic E-state index is 1.18. The van der Waals surface area contributed by atoms with Gasteiger partial charge in [0.2, 0.25) is 0 Å². The summed E-state index contributed by atoms with van der Waals surface area (Å²) in [4.78, 5) is 0. The second-order valence-electron chi connectivity index (χ2n) is 1.07. The van der Waals surface area contributed by atoms with Crippen LogP contribution in [0.4, 0.5) is 0 Å². The molecule has 0 amide bonds. The zero-order valence-electron chi connectivity index (χ0n) is 3.57. The van der Waals surface area contributed by atoms with Crippen LogP contribution in [-0.2, 0) is 0 Å². The zero-order valence-corrected chi connectivity index (χ0v) is 3.57.